The van der Waals surface area contributed by atoms with Crippen molar-refractivity contribution in [3.8, 4) is 5.75 Å². The highest BCUT2D eigenvalue weighted by Crippen LogP contribution is 2.08. The number of primary amides is 1. The molecule has 78 valence electrons. The second-order valence-electron chi connectivity index (χ2n) is 2.66. The maximum Gasteiger partial charge on any atom is 0.329 e. The van der Waals surface area contributed by atoms with E-state index in [-0.39, 0.29) is 5.75 Å². The van der Waals surface area contributed by atoms with Crippen molar-refractivity contribution in [2.24, 2.45) is 10.8 Å². The van der Waals surface area contributed by atoms with Crippen molar-refractivity contribution < 1.29 is 14.7 Å². The van der Waals surface area contributed by atoms with Crippen molar-refractivity contribution in [2.75, 3.05) is 0 Å². The van der Waals surface area contributed by atoms with Crippen LogP contribution in [0.2, 0.25) is 0 Å². The molecule has 0 unspecified atom stereocenters. The highest BCUT2D eigenvalue weighted by atomic mass is 16.3. The lowest BCUT2D eigenvalue weighted by molar-refractivity contribution is -0.137. The van der Waals surface area contributed by atoms with Gasteiger partial charge in [-0.05, 0) is 17.7 Å². The van der Waals surface area contributed by atoms with E-state index in [0.29, 0.717) is 5.56 Å². The summed E-state index contributed by atoms with van der Waals surface area (Å²) >= 11 is 0. The van der Waals surface area contributed by atoms with Crippen molar-refractivity contribution >= 4 is 18.0 Å². The minimum absolute atomic E-state index is 0.0835. The molecule has 6 nitrogen and oxygen atoms in total. The molecule has 0 atom stereocenters. The van der Waals surface area contributed by atoms with Crippen molar-refractivity contribution in [2.45, 2.75) is 0 Å². The smallest absolute Gasteiger partial charge is 0.329 e. The topological polar surface area (TPSA) is 105 Å². The number of phenols is 1. The lowest BCUT2D eigenvalue weighted by Crippen LogP contribution is -2.32. The number of carbonyl (C=O) groups is 2. The molecule has 6 heteroatoms. The van der Waals surface area contributed by atoms with Crippen LogP contribution in [0.1, 0.15) is 5.56 Å². The van der Waals surface area contributed by atoms with Gasteiger partial charge in [-0.1, -0.05) is 12.1 Å². The van der Waals surface area contributed by atoms with E-state index < -0.39 is 11.8 Å². The number of nitrogens with two attached hydrogens (primary N) is 1. The number of benzene rings is 1. The Labute approximate surface area is 85.4 Å². The SMILES string of the molecule is NC(=O)C(=O)N/N=C\c1cccc(O)c1. The largest absolute Gasteiger partial charge is 0.508 e. The van der Waals surface area contributed by atoms with E-state index in [2.05, 4.69) is 10.8 Å². The van der Waals surface area contributed by atoms with Gasteiger partial charge in [0.25, 0.3) is 0 Å². The minimum Gasteiger partial charge on any atom is -0.508 e. The van der Waals surface area contributed by atoms with Gasteiger partial charge in [0.1, 0.15) is 5.75 Å². The molecule has 0 heterocycles. The first-order valence-electron chi connectivity index (χ1n) is 4.01. The van der Waals surface area contributed by atoms with Gasteiger partial charge in [-0.3, -0.25) is 9.59 Å². The fraction of sp³-hybridized carbons (Fsp3) is 0. The van der Waals surface area contributed by atoms with Gasteiger partial charge < -0.3 is 10.8 Å². The van der Waals surface area contributed by atoms with Crippen LogP contribution >= 0.6 is 0 Å². The Hall–Kier alpha value is -2.37. The number of hydrogen-bond donors (Lipinski definition) is 3. The highest BCUT2D eigenvalue weighted by molar-refractivity contribution is 6.34. The van der Waals surface area contributed by atoms with Gasteiger partial charge in [0, 0.05) is 0 Å². The summed E-state index contributed by atoms with van der Waals surface area (Å²) in [7, 11) is 0. The van der Waals surface area contributed by atoms with Crippen LogP contribution in [-0.4, -0.2) is 23.1 Å². The standard InChI is InChI=1S/C9H9N3O3/c10-8(14)9(15)12-11-5-6-2-1-3-7(13)4-6/h1-5,13H,(H2,10,14)(H,12,15)/b11-5-. The van der Waals surface area contributed by atoms with E-state index in [1.54, 1.807) is 12.1 Å². The number of nitrogens with one attached hydrogen (secondary N) is 1. The molecule has 0 saturated carbocycles. The maximum atomic E-state index is 10.7. The van der Waals surface area contributed by atoms with E-state index in [0.717, 1.165) is 0 Å². The van der Waals surface area contributed by atoms with Gasteiger partial charge in [0.2, 0.25) is 0 Å². The van der Waals surface area contributed by atoms with Crippen LogP contribution in [0.4, 0.5) is 0 Å². The summed E-state index contributed by atoms with van der Waals surface area (Å²) in [4.78, 5) is 20.9. The molecule has 1 aromatic rings. The normalized spacial score (nSPS) is 10.1. The van der Waals surface area contributed by atoms with Crippen molar-refractivity contribution in [1.29, 1.82) is 0 Å². The van der Waals surface area contributed by atoms with Crippen molar-refractivity contribution in [3.63, 3.8) is 0 Å². The van der Waals surface area contributed by atoms with E-state index >= 15 is 0 Å². The summed E-state index contributed by atoms with van der Waals surface area (Å²) in [6.07, 6.45) is 1.28. The molecule has 0 radical (unpaired) electrons. The lowest BCUT2D eigenvalue weighted by atomic mass is 10.2. The molecule has 1 aromatic carbocycles. The Balaban J connectivity index is 2.59. The van der Waals surface area contributed by atoms with Gasteiger partial charge >= 0.3 is 11.8 Å². The summed E-state index contributed by atoms with van der Waals surface area (Å²) in [6, 6.07) is 6.23. The lowest BCUT2D eigenvalue weighted by Gasteiger charge is -1.95. The van der Waals surface area contributed by atoms with E-state index in [9.17, 15) is 9.59 Å². The van der Waals surface area contributed by atoms with Crippen LogP contribution in [0.5, 0.6) is 5.75 Å². The van der Waals surface area contributed by atoms with Gasteiger partial charge in [0.05, 0.1) is 6.21 Å². The Morgan fingerprint density at radius 3 is 2.80 bits per heavy atom. The number of amides is 2. The molecular formula is C9H9N3O3. The monoisotopic (exact) mass is 207 g/mol. The quantitative estimate of drug-likeness (QED) is 0.340. The Kier molecular flexibility index (Phi) is 3.39. The van der Waals surface area contributed by atoms with Crippen LogP contribution < -0.4 is 11.2 Å². The molecule has 2 amide bonds. The van der Waals surface area contributed by atoms with Crippen LogP contribution in [0, 0.1) is 0 Å². The molecule has 0 bridgehead atoms. The predicted octanol–water partition coefficient (Wildman–Crippen LogP) is -0.672. The second kappa shape index (κ2) is 4.75. The highest BCUT2D eigenvalue weighted by Gasteiger charge is 2.05. The van der Waals surface area contributed by atoms with E-state index in [4.69, 9.17) is 5.11 Å². The first-order chi connectivity index (χ1) is 7.09. The molecule has 0 aliphatic heterocycles. The van der Waals surface area contributed by atoms with Gasteiger partial charge in [0.15, 0.2) is 0 Å². The molecule has 0 aliphatic carbocycles. The maximum absolute atomic E-state index is 10.7. The molecule has 15 heavy (non-hydrogen) atoms. The summed E-state index contributed by atoms with van der Waals surface area (Å²) in [5, 5.41) is 12.6. The molecule has 1 rings (SSSR count). The first kappa shape index (κ1) is 10.7. The number of carbonyl (C=O) groups excluding carboxylic acids is 2. The van der Waals surface area contributed by atoms with Crippen LogP contribution in [0.3, 0.4) is 0 Å². The zero-order chi connectivity index (χ0) is 11.3. The predicted molar refractivity (Wildman–Crippen MR) is 53.0 cm³/mol. The number of aromatic hydroxyl groups is 1. The average Bonchev–Trinajstić information content (AvgIpc) is 2.17. The number of phenolic OH excluding ortho intramolecular Hbond substituents is 1. The minimum atomic E-state index is -1.11. The van der Waals surface area contributed by atoms with Gasteiger partial charge in [-0.2, -0.15) is 5.10 Å². The molecule has 4 N–H and O–H groups in total. The van der Waals surface area contributed by atoms with Crippen LogP contribution in [0.15, 0.2) is 29.4 Å². The summed E-state index contributed by atoms with van der Waals surface area (Å²) in [5.41, 5.74) is 7.18. The molecule has 0 saturated heterocycles. The molecule has 0 aliphatic rings. The Morgan fingerprint density at radius 2 is 2.20 bits per heavy atom. The molecular weight excluding hydrogens is 198 g/mol. The number of hydrogen-bond acceptors (Lipinski definition) is 4. The third-order valence-corrected chi connectivity index (χ3v) is 1.47. The summed E-state index contributed by atoms with van der Waals surface area (Å²) in [5.74, 6) is -2.02. The fourth-order valence-corrected chi connectivity index (χ4v) is 0.826. The zero-order valence-corrected chi connectivity index (χ0v) is 7.68. The first-order valence-corrected chi connectivity index (χ1v) is 4.01. The van der Waals surface area contributed by atoms with E-state index in [1.165, 1.54) is 18.3 Å². The van der Waals surface area contributed by atoms with Crippen molar-refractivity contribution in [1.82, 2.24) is 5.43 Å². The third-order valence-electron chi connectivity index (χ3n) is 1.47. The fourth-order valence-electron chi connectivity index (χ4n) is 0.826. The second-order valence-corrected chi connectivity index (χ2v) is 2.66. The van der Waals surface area contributed by atoms with Crippen molar-refractivity contribution in [3.05, 3.63) is 29.8 Å². The average molecular weight is 207 g/mol. The summed E-state index contributed by atoms with van der Waals surface area (Å²) in [6.45, 7) is 0. The van der Waals surface area contributed by atoms with Gasteiger partial charge in [-0.25, -0.2) is 5.43 Å². The molecule has 0 spiro atoms. The van der Waals surface area contributed by atoms with E-state index in [1.807, 2.05) is 5.43 Å². The zero-order valence-electron chi connectivity index (χ0n) is 7.68. The van der Waals surface area contributed by atoms with Gasteiger partial charge in [-0.15, -0.1) is 0 Å². The Morgan fingerprint density at radius 1 is 1.47 bits per heavy atom. The number of rotatable bonds is 2. The summed E-state index contributed by atoms with van der Waals surface area (Å²) < 4.78 is 0. The van der Waals surface area contributed by atoms with Crippen LogP contribution in [-0.2, 0) is 9.59 Å². The molecule has 0 aromatic heterocycles. The number of hydrazone groups is 1. The molecule has 0 fully saturated rings. The Bertz CT molecular complexity index is 415. The van der Waals surface area contributed by atoms with Crippen LogP contribution in [0.25, 0.3) is 0 Å². The third kappa shape index (κ3) is 3.47. The number of nitrogens with zero attached hydrogens (tertiary/aromatic N) is 1.